The van der Waals surface area contributed by atoms with Crippen LogP contribution in [-0.2, 0) is 6.54 Å². The Bertz CT molecular complexity index is 625. The minimum Gasteiger partial charge on any atom is -0.460 e. The molecule has 0 saturated carbocycles. The fourth-order valence-electron chi connectivity index (χ4n) is 2.73. The normalized spacial score (nSPS) is 17.0. The predicted octanol–water partition coefficient (Wildman–Crippen LogP) is 3.13. The fraction of sp³-hybridized carbons (Fsp3) is 0.389. The molecular formula is C18H23N3O. The number of hydrazone groups is 1. The zero-order valence-corrected chi connectivity index (χ0v) is 13.3. The first-order valence-corrected chi connectivity index (χ1v) is 7.84. The summed E-state index contributed by atoms with van der Waals surface area (Å²) >= 11 is 0. The van der Waals surface area contributed by atoms with E-state index in [0.717, 1.165) is 50.0 Å². The maximum Gasteiger partial charge on any atom is 0.149 e. The largest absolute Gasteiger partial charge is 0.460 e. The van der Waals surface area contributed by atoms with Gasteiger partial charge in [-0.15, -0.1) is 0 Å². The lowest BCUT2D eigenvalue weighted by Gasteiger charge is -2.33. The van der Waals surface area contributed by atoms with Crippen molar-refractivity contribution in [1.82, 2.24) is 9.91 Å². The van der Waals surface area contributed by atoms with Crippen LogP contribution in [0.4, 0.5) is 0 Å². The van der Waals surface area contributed by atoms with Gasteiger partial charge in [0.1, 0.15) is 11.5 Å². The summed E-state index contributed by atoms with van der Waals surface area (Å²) in [5.74, 6) is 1.79. The molecule has 4 heteroatoms. The second kappa shape index (κ2) is 6.79. The standard InChI is InChI=1S/C18H23N3O/c1-15-8-9-18(22-15)16(2)19-21-12-10-20(11-13-21)14-17-6-4-3-5-7-17/h3-9H,10-14H2,1-2H3. The maximum atomic E-state index is 5.62. The van der Waals surface area contributed by atoms with Crippen LogP contribution < -0.4 is 0 Å². The number of benzene rings is 1. The molecule has 2 heterocycles. The zero-order chi connectivity index (χ0) is 15.4. The van der Waals surface area contributed by atoms with Crippen molar-refractivity contribution in [3.63, 3.8) is 0 Å². The van der Waals surface area contributed by atoms with E-state index in [1.807, 2.05) is 26.0 Å². The Morgan fingerprint density at radius 3 is 2.41 bits per heavy atom. The van der Waals surface area contributed by atoms with Crippen molar-refractivity contribution in [2.45, 2.75) is 20.4 Å². The number of furan rings is 1. The molecule has 0 amide bonds. The highest BCUT2D eigenvalue weighted by Gasteiger charge is 2.16. The van der Waals surface area contributed by atoms with Crippen molar-refractivity contribution < 1.29 is 4.42 Å². The summed E-state index contributed by atoms with van der Waals surface area (Å²) in [6.45, 7) is 9.00. The summed E-state index contributed by atoms with van der Waals surface area (Å²) in [5.41, 5.74) is 2.33. The van der Waals surface area contributed by atoms with Crippen molar-refractivity contribution in [1.29, 1.82) is 0 Å². The third-order valence-electron chi connectivity index (χ3n) is 3.99. The molecule has 22 heavy (non-hydrogen) atoms. The lowest BCUT2D eigenvalue weighted by Crippen LogP contribution is -2.43. The van der Waals surface area contributed by atoms with Crippen molar-refractivity contribution in [2.75, 3.05) is 26.2 Å². The number of aryl methyl sites for hydroxylation is 1. The third-order valence-corrected chi connectivity index (χ3v) is 3.99. The van der Waals surface area contributed by atoms with E-state index in [1.54, 1.807) is 0 Å². The molecule has 1 aromatic carbocycles. The topological polar surface area (TPSA) is 32.0 Å². The molecule has 0 unspecified atom stereocenters. The molecule has 1 aliphatic heterocycles. The van der Waals surface area contributed by atoms with E-state index in [1.165, 1.54) is 5.56 Å². The molecule has 0 aliphatic carbocycles. The second-order valence-electron chi connectivity index (χ2n) is 5.81. The van der Waals surface area contributed by atoms with Gasteiger partial charge in [0.05, 0.1) is 5.71 Å². The van der Waals surface area contributed by atoms with Gasteiger partial charge in [-0.2, -0.15) is 5.10 Å². The molecule has 0 N–H and O–H groups in total. The van der Waals surface area contributed by atoms with Crippen molar-refractivity contribution >= 4 is 5.71 Å². The molecule has 1 fully saturated rings. The molecule has 0 spiro atoms. The van der Waals surface area contributed by atoms with E-state index >= 15 is 0 Å². The van der Waals surface area contributed by atoms with Crippen LogP contribution in [0.2, 0.25) is 0 Å². The molecule has 1 saturated heterocycles. The van der Waals surface area contributed by atoms with Gasteiger partial charge in [0.25, 0.3) is 0 Å². The Balaban J connectivity index is 1.53. The van der Waals surface area contributed by atoms with E-state index in [0.29, 0.717) is 0 Å². The molecule has 0 radical (unpaired) electrons. The minimum atomic E-state index is 0.865. The van der Waals surface area contributed by atoms with Crippen LogP contribution in [0.1, 0.15) is 24.0 Å². The van der Waals surface area contributed by atoms with E-state index in [-0.39, 0.29) is 0 Å². The first-order chi connectivity index (χ1) is 10.7. The summed E-state index contributed by atoms with van der Waals surface area (Å²) in [6.07, 6.45) is 0. The van der Waals surface area contributed by atoms with Crippen molar-refractivity contribution in [3.05, 3.63) is 59.5 Å². The van der Waals surface area contributed by atoms with Crippen molar-refractivity contribution in [2.24, 2.45) is 5.10 Å². The maximum absolute atomic E-state index is 5.62. The first-order valence-electron chi connectivity index (χ1n) is 7.84. The van der Waals surface area contributed by atoms with Crippen LogP contribution in [0.25, 0.3) is 0 Å². The van der Waals surface area contributed by atoms with Crippen LogP contribution in [0.15, 0.2) is 52.0 Å². The number of rotatable bonds is 4. The van der Waals surface area contributed by atoms with Gasteiger partial charge in [-0.05, 0) is 31.5 Å². The Labute approximate surface area is 132 Å². The fourth-order valence-corrected chi connectivity index (χ4v) is 2.73. The average Bonchev–Trinajstić information content (AvgIpc) is 2.97. The molecule has 0 atom stereocenters. The van der Waals surface area contributed by atoms with Crippen LogP contribution in [0, 0.1) is 6.92 Å². The Morgan fingerprint density at radius 1 is 1.05 bits per heavy atom. The summed E-state index contributed by atoms with van der Waals surface area (Å²) in [7, 11) is 0. The molecule has 1 aromatic heterocycles. The molecule has 116 valence electrons. The van der Waals surface area contributed by atoms with Crippen LogP contribution in [0.3, 0.4) is 0 Å². The molecule has 3 rings (SSSR count). The van der Waals surface area contributed by atoms with Gasteiger partial charge in [0.15, 0.2) is 0 Å². The predicted molar refractivity (Wildman–Crippen MR) is 88.9 cm³/mol. The van der Waals surface area contributed by atoms with E-state index < -0.39 is 0 Å². The minimum absolute atomic E-state index is 0.865. The van der Waals surface area contributed by atoms with Crippen LogP contribution >= 0.6 is 0 Å². The van der Waals surface area contributed by atoms with E-state index in [9.17, 15) is 0 Å². The highest BCUT2D eigenvalue weighted by Crippen LogP contribution is 2.11. The summed E-state index contributed by atoms with van der Waals surface area (Å²) in [5, 5.41) is 6.84. The lowest BCUT2D eigenvalue weighted by molar-refractivity contribution is 0.130. The molecule has 4 nitrogen and oxygen atoms in total. The molecule has 2 aromatic rings. The van der Waals surface area contributed by atoms with Crippen molar-refractivity contribution in [3.8, 4) is 0 Å². The SMILES string of the molecule is CC(=NN1CCN(Cc2ccccc2)CC1)c1ccc(C)o1. The average molecular weight is 297 g/mol. The monoisotopic (exact) mass is 297 g/mol. The van der Waals surface area contributed by atoms with Gasteiger partial charge in [-0.1, -0.05) is 30.3 Å². The number of piperazine rings is 1. The van der Waals surface area contributed by atoms with E-state index in [4.69, 9.17) is 9.52 Å². The van der Waals surface area contributed by atoms with E-state index in [2.05, 4.69) is 40.2 Å². The van der Waals surface area contributed by atoms with Gasteiger partial charge >= 0.3 is 0 Å². The highest BCUT2D eigenvalue weighted by molar-refractivity contribution is 5.96. The Hall–Kier alpha value is -2.07. The van der Waals surface area contributed by atoms with Gasteiger partial charge in [-0.25, -0.2) is 0 Å². The van der Waals surface area contributed by atoms with Gasteiger partial charge < -0.3 is 4.42 Å². The highest BCUT2D eigenvalue weighted by atomic mass is 16.3. The van der Waals surface area contributed by atoms with Gasteiger partial charge in [-0.3, -0.25) is 9.91 Å². The van der Waals surface area contributed by atoms with Crippen LogP contribution in [-0.4, -0.2) is 41.8 Å². The Kier molecular flexibility index (Phi) is 4.59. The summed E-state index contributed by atoms with van der Waals surface area (Å²) < 4.78 is 5.62. The molecule has 1 aliphatic rings. The first kappa shape index (κ1) is 14.9. The lowest BCUT2D eigenvalue weighted by atomic mass is 10.2. The smallest absolute Gasteiger partial charge is 0.149 e. The second-order valence-corrected chi connectivity index (χ2v) is 5.81. The quantitative estimate of drug-likeness (QED) is 0.813. The van der Waals surface area contributed by atoms with Gasteiger partial charge in [0.2, 0.25) is 0 Å². The zero-order valence-electron chi connectivity index (χ0n) is 13.3. The number of hydrogen-bond acceptors (Lipinski definition) is 4. The molecule has 0 bridgehead atoms. The van der Waals surface area contributed by atoms with Crippen LogP contribution in [0.5, 0.6) is 0 Å². The van der Waals surface area contributed by atoms with Gasteiger partial charge in [0, 0.05) is 32.7 Å². The Morgan fingerprint density at radius 2 is 1.77 bits per heavy atom. The number of nitrogens with zero attached hydrogens (tertiary/aromatic N) is 3. The summed E-state index contributed by atoms with van der Waals surface area (Å²) in [4.78, 5) is 2.48. The molecular weight excluding hydrogens is 274 g/mol. The number of hydrogen-bond donors (Lipinski definition) is 0. The summed E-state index contributed by atoms with van der Waals surface area (Å²) in [6, 6.07) is 14.6. The third kappa shape index (κ3) is 3.77.